The van der Waals surface area contributed by atoms with Crippen molar-refractivity contribution in [3.63, 3.8) is 0 Å². The molecule has 0 heterocycles. The first-order chi connectivity index (χ1) is 6.84. The Balaban J connectivity index is 2.29. The number of terminal acetylenes is 1. The zero-order valence-electron chi connectivity index (χ0n) is 8.66. The molecule has 1 nitrogen and oxygen atoms in total. The first-order valence-electron chi connectivity index (χ1n) is 5.06. The van der Waals surface area contributed by atoms with E-state index < -0.39 is 0 Å². The van der Waals surface area contributed by atoms with Gasteiger partial charge in [0.25, 0.3) is 0 Å². The quantitative estimate of drug-likeness (QED) is 0.552. The molecule has 0 aliphatic carbocycles. The second-order valence-corrected chi connectivity index (χ2v) is 3.39. The lowest BCUT2D eigenvalue weighted by Gasteiger charge is -2.13. The number of rotatable bonds is 5. The fourth-order valence-electron chi connectivity index (χ4n) is 1.37. The van der Waals surface area contributed by atoms with Crippen molar-refractivity contribution >= 4 is 0 Å². The van der Waals surface area contributed by atoms with E-state index in [1.807, 2.05) is 6.07 Å². The highest BCUT2D eigenvalue weighted by Gasteiger charge is 2.01. The Kier molecular flexibility index (Phi) is 4.82. The maximum absolute atomic E-state index is 5.18. The number of unbranched alkanes of at least 4 members (excludes halogenated alkanes) is 1. The summed E-state index contributed by atoms with van der Waals surface area (Å²) in [5.41, 5.74) is 1.33. The minimum absolute atomic E-state index is 0.411. The largest absolute Gasteiger partial charge is 0.310 e. The minimum atomic E-state index is 0.411. The molecule has 0 spiro atoms. The fourth-order valence-corrected chi connectivity index (χ4v) is 1.37. The molecule has 14 heavy (non-hydrogen) atoms. The summed E-state index contributed by atoms with van der Waals surface area (Å²) in [5, 5.41) is 3.44. The van der Waals surface area contributed by atoms with Crippen LogP contribution >= 0.6 is 0 Å². The smallest absolute Gasteiger partial charge is 0.0291 e. The Labute approximate surface area is 86.5 Å². The second kappa shape index (κ2) is 6.23. The maximum atomic E-state index is 5.18. The van der Waals surface area contributed by atoms with Crippen LogP contribution in [0, 0.1) is 12.3 Å². The van der Waals surface area contributed by atoms with Crippen molar-refractivity contribution in [1.29, 1.82) is 0 Å². The molecule has 1 heteroatoms. The Hall–Kier alpha value is -1.26. The molecule has 0 radical (unpaired) electrons. The third-order valence-electron chi connectivity index (χ3n) is 2.25. The van der Waals surface area contributed by atoms with E-state index in [4.69, 9.17) is 6.42 Å². The van der Waals surface area contributed by atoms with E-state index in [9.17, 15) is 0 Å². The van der Waals surface area contributed by atoms with Crippen molar-refractivity contribution in [2.24, 2.45) is 0 Å². The number of hydrogen-bond acceptors (Lipinski definition) is 1. The molecule has 1 unspecified atom stereocenters. The Morgan fingerprint density at radius 3 is 2.71 bits per heavy atom. The van der Waals surface area contributed by atoms with Crippen LogP contribution in [0.1, 0.15) is 31.4 Å². The van der Waals surface area contributed by atoms with Crippen molar-refractivity contribution in [3.05, 3.63) is 35.9 Å². The molecule has 1 aromatic carbocycles. The summed E-state index contributed by atoms with van der Waals surface area (Å²) in [6.07, 6.45) is 7.08. The van der Waals surface area contributed by atoms with E-state index in [2.05, 4.69) is 42.4 Å². The second-order valence-electron chi connectivity index (χ2n) is 3.39. The highest BCUT2D eigenvalue weighted by Crippen LogP contribution is 2.10. The molecule has 1 atom stereocenters. The zero-order valence-corrected chi connectivity index (χ0v) is 8.66. The minimum Gasteiger partial charge on any atom is -0.310 e. The summed E-state index contributed by atoms with van der Waals surface area (Å²) in [4.78, 5) is 0. The predicted octanol–water partition coefficient (Wildman–Crippen LogP) is 2.75. The summed E-state index contributed by atoms with van der Waals surface area (Å²) < 4.78 is 0. The van der Waals surface area contributed by atoms with E-state index in [1.54, 1.807) is 0 Å². The van der Waals surface area contributed by atoms with Crippen molar-refractivity contribution in [1.82, 2.24) is 5.32 Å². The monoisotopic (exact) mass is 187 g/mol. The van der Waals surface area contributed by atoms with Gasteiger partial charge in [-0.3, -0.25) is 0 Å². The Bertz CT molecular complexity index is 284. The summed E-state index contributed by atoms with van der Waals surface area (Å²) in [6.45, 7) is 3.16. The van der Waals surface area contributed by atoms with Crippen LogP contribution in [0.5, 0.6) is 0 Å². The molecule has 0 aliphatic heterocycles. The van der Waals surface area contributed by atoms with Crippen LogP contribution in [0.25, 0.3) is 0 Å². The molecule has 74 valence electrons. The van der Waals surface area contributed by atoms with Crippen molar-refractivity contribution in [2.75, 3.05) is 6.54 Å². The summed E-state index contributed by atoms with van der Waals surface area (Å²) in [5.74, 6) is 2.64. The Morgan fingerprint density at radius 2 is 2.07 bits per heavy atom. The molecule has 1 rings (SSSR count). The lowest BCUT2D eigenvalue weighted by atomic mass is 10.1. The van der Waals surface area contributed by atoms with Crippen LogP contribution in [0.3, 0.4) is 0 Å². The molecule has 1 N–H and O–H groups in total. The van der Waals surface area contributed by atoms with Crippen LogP contribution < -0.4 is 5.32 Å². The van der Waals surface area contributed by atoms with E-state index in [0.717, 1.165) is 19.4 Å². The van der Waals surface area contributed by atoms with Gasteiger partial charge in [0.05, 0.1) is 0 Å². The van der Waals surface area contributed by atoms with Gasteiger partial charge >= 0.3 is 0 Å². The average molecular weight is 187 g/mol. The van der Waals surface area contributed by atoms with Crippen molar-refractivity contribution < 1.29 is 0 Å². The van der Waals surface area contributed by atoms with Gasteiger partial charge in [-0.15, -0.1) is 12.3 Å². The third kappa shape index (κ3) is 3.64. The fraction of sp³-hybridized carbons (Fsp3) is 0.385. The normalized spacial score (nSPS) is 12.0. The van der Waals surface area contributed by atoms with Gasteiger partial charge in [-0.1, -0.05) is 30.3 Å². The van der Waals surface area contributed by atoms with Crippen LogP contribution in [-0.4, -0.2) is 6.54 Å². The van der Waals surface area contributed by atoms with Crippen LogP contribution in [0.2, 0.25) is 0 Å². The molecule has 0 saturated carbocycles. The van der Waals surface area contributed by atoms with Crippen molar-refractivity contribution in [3.8, 4) is 12.3 Å². The van der Waals surface area contributed by atoms with Gasteiger partial charge < -0.3 is 5.32 Å². The molecule has 0 bridgehead atoms. The van der Waals surface area contributed by atoms with E-state index in [-0.39, 0.29) is 0 Å². The van der Waals surface area contributed by atoms with E-state index in [0.29, 0.717) is 6.04 Å². The first-order valence-corrected chi connectivity index (χ1v) is 5.06. The van der Waals surface area contributed by atoms with Crippen LogP contribution in [0.15, 0.2) is 30.3 Å². The molecular weight excluding hydrogens is 170 g/mol. The van der Waals surface area contributed by atoms with Gasteiger partial charge in [-0.05, 0) is 25.5 Å². The molecule has 0 fully saturated rings. The molecular formula is C13H17N. The molecule has 0 aliphatic rings. The highest BCUT2D eigenvalue weighted by molar-refractivity contribution is 5.17. The molecule has 1 aromatic rings. The number of hydrogen-bond donors (Lipinski definition) is 1. The summed E-state index contributed by atoms with van der Waals surface area (Å²) in [7, 11) is 0. The maximum Gasteiger partial charge on any atom is 0.0291 e. The zero-order chi connectivity index (χ0) is 10.2. The summed E-state index contributed by atoms with van der Waals surface area (Å²) >= 11 is 0. The molecule has 0 aromatic heterocycles. The SMILES string of the molecule is C#CCCCNC(C)c1ccccc1. The van der Waals surface area contributed by atoms with Crippen molar-refractivity contribution in [2.45, 2.75) is 25.8 Å². The topological polar surface area (TPSA) is 12.0 Å². The number of nitrogens with one attached hydrogen (secondary N) is 1. The summed E-state index contributed by atoms with van der Waals surface area (Å²) in [6, 6.07) is 10.9. The van der Waals surface area contributed by atoms with E-state index >= 15 is 0 Å². The lowest BCUT2D eigenvalue weighted by Crippen LogP contribution is -2.19. The molecule has 0 amide bonds. The number of benzene rings is 1. The predicted molar refractivity (Wildman–Crippen MR) is 60.9 cm³/mol. The highest BCUT2D eigenvalue weighted by atomic mass is 14.9. The van der Waals surface area contributed by atoms with Gasteiger partial charge in [0.1, 0.15) is 0 Å². The Morgan fingerprint density at radius 1 is 1.36 bits per heavy atom. The van der Waals surface area contributed by atoms with Gasteiger partial charge in [0.15, 0.2) is 0 Å². The van der Waals surface area contributed by atoms with Crippen LogP contribution in [-0.2, 0) is 0 Å². The van der Waals surface area contributed by atoms with Gasteiger partial charge in [0, 0.05) is 12.5 Å². The van der Waals surface area contributed by atoms with Gasteiger partial charge in [-0.2, -0.15) is 0 Å². The molecule has 0 saturated heterocycles. The van der Waals surface area contributed by atoms with Gasteiger partial charge in [0.2, 0.25) is 0 Å². The van der Waals surface area contributed by atoms with Crippen LogP contribution in [0.4, 0.5) is 0 Å². The van der Waals surface area contributed by atoms with E-state index in [1.165, 1.54) is 5.56 Å². The standard InChI is InChI=1S/C13H17N/c1-3-4-8-11-14-12(2)13-9-6-5-7-10-13/h1,5-7,9-10,12,14H,4,8,11H2,2H3. The van der Waals surface area contributed by atoms with Gasteiger partial charge in [-0.25, -0.2) is 0 Å². The third-order valence-corrected chi connectivity index (χ3v) is 2.25. The first kappa shape index (κ1) is 10.8. The lowest BCUT2D eigenvalue weighted by molar-refractivity contribution is 0.563. The average Bonchev–Trinajstić information content (AvgIpc) is 2.25.